The highest BCUT2D eigenvalue weighted by molar-refractivity contribution is 7.92. The van der Waals surface area contributed by atoms with Crippen molar-refractivity contribution in [1.82, 2.24) is 15.2 Å². The minimum atomic E-state index is -3.65. The van der Waals surface area contributed by atoms with Gasteiger partial charge >= 0.3 is 6.09 Å². The Bertz CT molecular complexity index is 1150. The van der Waals surface area contributed by atoms with Gasteiger partial charge in [0, 0.05) is 31.7 Å². The molecule has 10 nitrogen and oxygen atoms in total. The van der Waals surface area contributed by atoms with Gasteiger partial charge in [0.25, 0.3) is 5.91 Å². The summed E-state index contributed by atoms with van der Waals surface area (Å²) in [7, 11) is -3.65. The standard InChI is InChI=1S/C20H22ClFN4O6S/c1-33(30,31)25-16-3-2-6-23-17(16)19(27)24-10-13-11-26(20(28)29)7-8-32-18(13)12-4-5-14(21)15(22)9-12/h2-6,9,13,18,25H,7-8,10-11H2,1H3,(H,24,27)(H,28,29). The third-order valence-electron chi connectivity index (χ3n) is 4.93. The zero-order valence-electron chi connectivity index (χ0n) is 17.5. The largest absolute Gasteiger partial charge is 0.465 e. The first kappa shape index (κ1) is 24.7. The molecule has 2 unspecified atom stereocenters. The van der Waals surface area contributed by atoms with Gasteiger partial charge in [0.05, 0.1) is 29.7 Å². The summed E-state index contributed by atoms with van der Waals surface area (Å²) in [5.74, 6) is -1.90. The monoisotopic (exact) mass is 500 g/mol. The molecule has 178 valence electrons. The van der Waals surface area contributed by atoms with E-state index >= 15 is 0 Å². The van der Waals surface area contributed by atoms with E-state index in [0.29, 0.717) is 5.56 Å². The van der Waals surface area contributed by atoms with Crippen molar-refractivity contribution in [2.45, 2.75) is 6.10 Å². The summed E-state index contributed by atoms with van der Waals surface area (Å²) in [6.07, 6.45) is 0.407. The van der Waals surface area contributed by atoms with E-state index in [1.807, 2.05) is 0 Å². The van der Waals surface area contributed by atoms with Crippen LogP contribution in [0.2, 0.25) is 5.02 Å². The highest BCUT2D eigenvalue weighted by Crippen LogP contribution is 2.31. The molecular formula is C20H22ClFN4O6S. The Morgan fingerprint density at radius 2 is 2.12 bits per heavy atom. The first-order chi connectivity index (χ1) is 15.5. The molecule has 1 aliphatic rings. The summed E-state index contributed by atoms with van der Waals surface area (Å²) in [4.78, 5) is 29.4. The number of carbonyl (C=O) groups is 2. The smallest absolute Gasteiger partial charge is 0.407 e. The van der Waals surface area contributed by atoms with Gasteiger partial charge in [-0.1, -0.05) is 17.7 Å². The SMILES string of the molecule is CS(=O)(=O)Nc1cccnc1C(=O)NCC1CN(C(=O)O)CCOC1c1ccc(Cl)c(F)c1. The number of hydrogen-bond acceptors (Lipinski definition) is 6. The van der Waals surface area contributed by atoms with E-state index in [2.05, 4.69) is 15.0 Å². The van der Waals surface area contributed by atoms with E-state index in [4.69, 9.17) is 16.3 Å². The third-order valence-corrected chi connectivity index (χ3v) is 5.82. The van der Waals surface area contributed by atoms with Crippen molar-refractivity contribution in [3.8, 4) is 0 Å². The molecule has 0 aliphatic carbocycles. The molecule has 0 radical (unpaired) electrons. The van der Waals surface area contributed by atoms with Crippen LogP contribution in [0.3, 0.4) is 0 Å². The summed E-state index contributed by atoms with van der Waals surface area (Å²) in [5, 5.41) is 12.0. The van der Waals surface area contributed by atoms with Crippen LogP contribution in [0, 0.1) is 11.7 Å². The number of carbonyl (C=O) groups excluding carboxylic acids is 1. The maximum absolute atomic E-state index is 14.1. The van der Waals surface area contributed by atoms with E-state index < -0.39 is 39.9 Å². The topological polar surface area (TPSA) is 138 Å². The lowest BCUT2D eigenvalue weighted by Crippen LogP contribution is -2.40. The number of nitrogens with zero attached hydrogens (tertiary/aromatic N) is 2. The van der Waals surface area contributed by atoms with Gasteiger partial charge in [-0.2, -0.15) is 0 Å². The van der Waals surface area contributed by atoms with Crippen LogP contribution in [0.5, 0.6) is 0 Å². The molecule has 3 N–H and O–H groups in total. The first-order valence-corrected chi connectivity index (χ1v) is 12.1. The molecule has 13 heteroatoms. The number of aromatic nitrogens is 1. The molecule has 3 rings (SSSR count). The Morgan fingerprint density at radius 1 is 1.36 bits per heavy atom. The van der Waals surface area contributed by atoms with Crippen LogP contribution in [0.15, 0.2) is 36.5 Å². The molecule has 1 aliphatic heterocycles. The van der Waals surface area contributed by atoms with Crippen molar-refractivity contribution >= 4 is 39.3 Å². The van der Waals surface area contributed by atoms with E-state index in [0.717, 1.165) is 11.2 Å². The van der Waals surface area contributed by atoms with Crippen LogP contribution >= 0.6 is 11.6 Å². The predicted molar refractivity (Wildman–Crippen MR) is 118 cm³/mol. The minimum absolute atomic E-state index is 0.00176. The fourth-order valence-corrected chi connectivity index (χ4v) is 4.16. The predicted octanol–water partition coefficient (Wildman–Crippen LogP) is 2.34. The lowest BCUT2D eigenvalue weighted by atomic mass is 9.94. The summed E-state index contributed by atoms with van der Waals surface area (Å²) < 4.78 is 45.3. The van der Waals surface area contributed by atoms with Crippen molar-refractivity contribution in [3.63, 3.8) is 0 Å². The molecule has 0 bridgehead atoms. The third kappa shape index (κ3) is 6.53. The fraction of sp³-hybridized carbons (Fsp3) is 0.350. The lowest BCUT2D eigenvalue weighted by molar-refractivity contribution is 0.0303. The second-order valence-electron chi connectivity index (χ2n) is 7.44. The highest BCUT2D eigenvalue weighted by atomic mass is 35.5. The molecule has 1 fully saturated rings. The Balaban J connectivity index is 1.83. The maximum Gasteiger partial charge on any atom is 0.407 e. The average Bonchev–Trinajstić information content (AvgIpc) is 2.96. The van der Waals surface area contributed by atoms with E-state index in [9.17, 15) is 27.5 Å². The number of halogens is 2. The van der Waals surface area contributed by atoms with Gasteiger partial charge in [-0.25, -0.2) is 22.6 Å². The molecule has 2 amide bonds. The van der Waals surface area contributed by atoms with E-state index in [1.165, 1.54) is 30.5 Å². The fourth-order valence-electron chi connectivity index (χ4n) is 3.47. The second-order valence-corrected chi connectivity index (χ2v) is 9.59. The number of ether oxygens (including phenoxy) is 1. The van der Waals surface area contributed by atoms with Gasteiger partial charge < -0.3 is 20.1 Å². The molecule has 1 saturated heterocycles. The molecule has 2 heterocycles. The van der Waals surface area contributed by atoms with Crippen LogP contribution in [0.4, 0.5) is 14.9 Å². The molecular weight excluding hydrogens is 479 g/mol. The van der Waals surface area contributed by atoms with Crippen LogP contribution in [0.25, 0.3) is 0 Å². The zero-order valence-corrected chi connectivity index (χ0v) is 19.1. The molecule has 1 aromatic heterocycles. The second kappa shape index (κ2) is 10.3. The normalized spacial score (nSPS) is 18.9. The first-order valence-electron chi connectivity index (χ1n) is 9.80. The maximum atomic E-state index is 14.1. The van der Waals surface area contributed by atoms with E-state index in [1.54, 1.807) is 6.07 Å². The lowest BCUT2D eigenvalue weighted by Gasteiger charge is -2.27. The van der Waals surface area contributed by atoms with Gasteiger partial charge in [-0.15, -0.1) is 0 Å². The quantitative estimate of drug-likeness (QED) is 0.553. The molecule has 0 spiro atoms. The number of carboxylic acid groups (broad SMARTS) is 1. The Kier molecular flexibility index (Phi) is 7.72. The molecule has 33 heavy (non-hydrogen) atoms. The number of benzene rings is 1. The van der Waals surface area contributed by atoms with Crippen LogP contribution in [-0.2, 0) is 14.8 Å². The van der Waals surface area contributed by atoms with Gasteiger partial charge in [0.2, 0.25) is 10.0 Å². The van der Waals surface area contributed by atoms with Crippen molar-refractivity contribution in [1.29, 1.82) is 0 Å². The number of amides is 2. The molecule has 2 aromatic rings. The van der Waals surface area contributed by atoms with Crippen molar-refractivity contribution in [3.05, 3.63) is 58.6 Å². The number of pyridine rings is 1. The molecule has 2 atom stereocenters. The van der Waals surface area contributed by atoms with Crippen molar-refractivity contribution in [2.75, 3.05) is 37.2 Å². The van der Waals surface area contributed by atoms with Crippen LogP contribution < -0.4 is 10.0 Å². The highest BCUT2D eigenvalue weighted by Gasteiger charge is 2.32. The number of hydrogen-bond donors (Lipinski definition) is 3. The Hall–Kier alpha value is -2.96. The van der Waals surface area contributed by atoms with Crippen molar-refractivity contribution < 1.29 is 32.2 Å². The Morgan fingerprint density at radius 3 is 2.79 bits per heavy atom. The summed E-state index contributed by atoms with van der Waals surface area (Å²) in [6.45, 7) is 0.150. The van der Waals surface area contributed by atoms with E-state index in [-0.39, 0.29) is 42.6 Å². The Labute approximate surface area is 194 Å². The van der Waals surface area contributed by atoms with Crippen molar-refractivity contribution in [2.24, 2.45) is 5.92 Å². The zero-order chi connectivity index (χ0) is 24.2. The number of nitrogens with one attached hydrogen (secondary N) is 2. The van der Waals surface area contributed by atoms with Gasteiger partial charge in [-0.3, -0.25) is 9.52 Å². The molecule has 1 aromatic carbocycles. The van der Waals surface area contributed by atoms with Gasteiger partial charge in [0.15, 0.2) is 5.69 Å². The number of anilines is 1. The summed E-state index contributed by atoms with van der Waals surface area (Å²) >= 11 is 5.77. The average molecular weight is 501 g/mol. The molecule has 0 saturated carbocycles. The minimum Gasteiger partial charge on any atom is -0.465 e. The van der Waals surface area contributed by atoms with Gasteiger partial charge in [-0.05, 0) is 29.8 Å². The van der Waals surface area contributed by atoms with Crippen LogP contribution in [-0.4, -0.2) is 67.9 Å². The summed E-state index contributed by atoms with van der Waals surface area (Å²) in [6, 6.07) is 7.03. The van der Waals surface area contributed by atoms with Gasteiger partial charge in [0.1, 0.15) is 5.82 Å². The van der Waals surface area contributed by atoms with Crippen LogP contribution in [0.1, 0.15) is 22.2 Å². The number of sulfonamides is 1. The number of rotatable bonds is 6. The summed E-state index contributed by atoms with van der Waals surface area (Å²) in [5.41, 5.74) is 0.292.